The zero-order valence-electron chi connectivity index (χ0n) is 17.3. The maximum absolute atomic E-state index is 12.5. The molecule has 0 aliphatic carbocycles. The lowest BCUT2D eigenvalue weighted by Crippen LogP contribution is -2.32. The van der Waals surface area contributed by atoms with Gasteiger partial charge in [0.25, 0.3) is 0 Å². The average molecular weight is 485 g/mol. The molecule has 0 radical (unpaired) electrons. The highest BCUT2D eigenvalue weighted by Crippen LogP contribution is 2.25. The largest absolute Gasteiger partial charge is 0.369 e. The van der Waals surface area contributed by atoms with Gasteiger partial charge in [0, 0.05) is 55.5 Å². The van der Waals surface area contributed by atoms with Gasteiger partial charge in [-0.2, -0.15) is 4.98 Å². The zero-order valence-corrected chi connectivity index (χ0v) is 18.9. The fourth-order valence-corrected chi connectivity index (χ4v) is 3.70. The van der Waals surface area contributed by atoms with Gasteiger partial charge in [-0.25, -0.2) is 14.8 Å². The highest BCUT2D eigenvalue weighted by Gasteiger charge is 2.18. The van der Waals surface area contributed by atoms with Crippen molar-refractivity contribution in [3.05, 3.63) is 52.7 Å². The van der Waals surface area contributed by atoms with Crippen LogP contribution >= 0.6 is 15.9 Å². The van der Waals surface area contributed by atoms with E-state index in [1.807, 2.05) is 30.0 Å². The maximum Gasteiger partial charge on any atom is 0.321 e. The number of nitrogens with one attached hydrogen (secondary N) is 4. The third kappa shape index (κ3) is 5.52. The predicted octanol–water partition coefficient (Wildman–Crippen LogP) is 4.30. The molecule has 0 unspecified atom stereocenters. The minimum atomic E-state index is -0.0543. The number of nitrogens with zero attached hydrogens (tertiary/aromatic N) is 4. The van der Waals surface area contributed by atoms with E-state index >= 15 is 0 Å². The molecule has 3 aromatic rings. The van der Waals surface area contributed by atoms with Crippen LogP contribution in [-0.4, -0.2) is 50.5 Å². The van der Waals surface area contributed by atoms with Gasteiger partial charge in [0.2, 0.25) is 5.95 Å². The first-order valence-corrected chi connectivity index (χ1v) is 11.0. The minimum absolute atomic E-state index is 0.0543. The van der Waals surface area contributed by atoms with Crippen LogP contribution in [0.4, 0.5) is 27.9 Å². The molecule has 1 aliphatic rings. The summed E-state index contributed by atoms with van der Waals surface area (Å²) >= 11 is 3.49. The van der Waals surface area contributed by atoms with E-state index < -0.39 is 0 Å². The number of H-pyrrole nitrogens is 1. The molecule has 0 bridgehead atoms. The van der Waals surface area contributed by atoms with Gasteiger partial charge < -0.3 is 25.8 Å². The zero-order chi connectivity index (χ0) is 21.6. The number of aryl methyl sites for hydroxylation is 1. The number of amides is 2. The van der Waals surface area contributed by atoms with Crippen LogP contribution in [0.2, 0.25) is 0 Å². The molecule has 1 saturated heterocycles. The van der Waals surface area contributed by atoms with Gasteiger partial charge in [-0.15, -0.1) is 0 Å². The molecule has 1 aliphatic heterocycles. The average Bonchev–Trinajstić information content (AvgIpc) is 3.47. The quantitative estimate of drug-likeness (QED) is 0.397. The van der Waals surface area contributed by atoms with Crippen molar-refractivity contribution in [1.82, 2.24) is 24.8 Å². The number of hydrogen-bond acceptors (Lipinski definition) is 6. The Morgan fingerprint density at radius 1 is 1.26 bits per heavy atom. The summed E-state index contributed by atoms with van der Waals surface area (Å²) in [5.41, 5.74) is 3.63. The van der Waals surface area contributed by atoms with E-state index in [-0.39, 0.29) is 6.03 Å². The molecule has 3 heterocycles. The number of aromatic nitrogens is 4. The van der Waals surface area contributed by atoms with Crippen LogP contribution in [0, 0.1) is 6.92 Å². The second kappa shape index (κ2) is 9.78. The Balaban J connectivity index is 1.41. The van der Waals surface area contributed by atoms with Gasteiger partial charge in [0.05, 0.1) is 10.8 Å². The number of imidazole rings is 1. The standard InChI is InChI=1S/C21H25BrN8O/c1-14-4-5-15(10-18(14)28-21(31)30-8-2-3-9-30)27-20-25-12-17(22)19(29-20)24-7-6-16-11-23-13-26-16/h4-5,10-13H,2-3,6-9H2,1H3,(H,23,26)(H,28,31)(H2,24,25,27,29). The summed E-state index contributed by atoms with van der Waals surface area (Å²) in [6, 6.07) is 5.75. The lowest BCUT2D eigenvalue weighted by atomic mass is 10.2. The van der Waals surface area contributed by atoms with Crippen LogP contribution < -0.4 is 16.0 Å². The number of rotatable bonds is 7. The summed E-state index contributed by atoms with van der Waals surface area (Å²) in [6.07, 6.45) is 8.11. The first-order valence-electron chi connectivity index (χ1n) is 10.3. The maximum atomic E-state index is 12.5. The lowest BCUT2D eigenvalue weighted by molar-refractivity contribution is 0.222. The molecule has 9 nitrogen and oxygen atoms in total. The summed E-state index contributed by atoms with van der Waals surface area (Å²) in [4.78, 5) is 30.3. The topological polar surface area (TPSA) is 111 Å². The van der Waals surface area contributed by atoms with E-state index in [1.54, 1.807) is 18.7 Å². The Labute approximate surface area is 189 Å². The van der Waals surface area contributed by atoms with Gasteiger partial charge in [-0.1, -0.05) is 6.07 Å². The Bertz CT molecular complexity index is 1030. The van der Waals surface area contributed by atoms with Crippen LogP contribution in [0.25, 0.3) is 0 Å². The Morgan fingerprint density at radius 2 is 2.10 bits per heavy atom. The fraction of sp³-hybridized carbons (Fsp3) is 0.333. The van der Waals surface area contributed by atoms with E-state index in [4.69, 9.17) is 0 Å². The van der Waals surface area contributed by atoms with Crippen molar-refractivity contribution in [2.24, 2.45) is 0 Å². The minimum Gasteiger partial charge on any atom is -0.369 e. The lowest BCUT2D eigenvalue weighted by Gasteiger charge is -2.18. The summed E-state index contributed by atoms with van der Waals surface area (Å²) in [6.45, 7) is 4.30. The van der Waals surface area contributed by atoms with E-state index in [1.165, 1.54) is 0 Å². The van der Waals surface area contributed by atoms with Crippen LogP contribution in [0.15, 0.2) is 41.4 Å². The third-order valence-corrected chi connectivity index (χ3v) is 5.69. The molecule has 0 saturated carbocycles. The van der Waals surface area contributed by atoms with Crippen LogP contribution in [0.1, 0.15) is 24.1 Å². The number of carbonyl (C=O) groups is 1. The second-order valence-electron chi connectivity index (χ2n) is 7.42. The molecule has 4 rings (SSSR count). The first-order chi connectivity index (χ1) is 15.1. The normalized spacial score (nSPS) is 13.3. The number of halogens is 1. The fourth-order valence-electron chi connectivity index (χ4n) is 3.37. The summed E-state index contributed by atoms with van der Waals surface area (Å²) in [5, 5.41) is 9.55. The highest BCUT2D eigenvalue weighted by atomic mass is 79.9. The van der Waals surface area contributed by atoms with Crippen molar-refractivity contribution in [2.45, 2.75) is 26.2 Å². The molecule has 10 heteroatoms. The summed E-state index contributed by atoms with van der Waals surface area (Å²) < 4.78 is 0.783. The number of anilines is 4. The molecule has 4 N–H and O–H groups in total. The van der Waals surface area contributed by atoms with Crippen LogP contribution in [0.5, 0.6) is 0 Å². The van der Waals surface area contributed by atoms with Crippen molar-refractivity contribution in [3.63, 3.8) is 0 Å². The predicted molar refractivity (Wildman–Crippen MR) is 125 cm³/mol. The molecule has 2 amide bonds. The molecule has 1 fully saturated rings. The van der Waals surface area contributed by atoms with Gasteiger partial charge in [-0.3, -0.25) is 0 Å². The van der Waals surface area contributed by atoms with Crippen molar-refractivity contribution in [1.29, 1.82) is 0 Å². The van der Waals surface area contributed by atoms with E-state index in [2.05, 4.69) is 51.8 Å². The summed E-state index contributed by atoms with van der Waals surface area (Å²) in [7, 11) is 0. The molecule has 1 aromatic carbocycles. The number of carbonyl (C=O) groups excluding carboxylic acids is 1. The number of likely N-dealkylation sites (tertiary alicyclic amines) is 1. The van der Waals surface area contributed by atoms with Crippen molar-refractivity contribution in [3.8, 4) is 0 Å². The van der Waals surface area contributed by atoms with E-state index in [0.717, 1.165) is 59.5 Å². The number of hydrogen-bond donors (Lipinski definition) is 4. The van der Waals surface area contributed by atoms with Gasteiger partial charge >= 0.3 is 6.03 Å². The van der Waals surface area contributed by atoms with Crippen LogP contribution in [0.3, 0.4) is 0 Å². The Morgan fingerprint density at radius 3 is 2.87 bits per heavy atom. The number of benzene rings is 1. The molecular weight excluding hydrogens is 460 g/mol. The Hall–Kier alpha value is -3.14. The van der Waals surface area contributed by atoms with Gasteiger partial charge in [0.15, 0.2) is 0 Å². The van der Waals surface area contributed by atoms with Crippen molar-refractivity contribution in [2.75, 3.05) is 35.6 Å². The van der Waals surface area contributed by atoms with Gasteiger partial charge in [0.1, 0.15) is 5.82 Å². The number of aromatic amines is 1. The van der Waals surface area contributed by atoms with Gasteiger partial charge in [-0.05, 0) is 53.4 Å². The van der Waals surface area contributed by atoms with Crippen LogP contribution in [-0.2, 0) is 6.42 Å². The van der Waals surface area contributed by atoms with E-state index in [0.29, 0.717) is 18.3 Å². The number of urea groups is 1. The molecular formula is C21H25BrN8O. The third-order valence-electron chi connectivity index (χ3n) is 5.11. The summed E-state index contributed by atoms with van der Waals surface area (Å²) in [5.74, 6) is 1.17. The molecule has 0 atom stereocenters. The highest BCUT2D eigenvalue weighted by molar-refractivity contribution is 9.10. The Kier molecular flexibility index (Phi) is 6.66. The SMILES string of the molecule is Cc1ccc(Nc2ncc(Br)c(NCCc3cnc[nH]3)n2)cc1NC(=O)N1CCCC1. The monoisotopic (exact) mass is 484 g/mol. The molecule has 0 spiro atoms. The molecule has 31 heavy (non-hydrogen) atoms. The molecule has 2 aromatic heterocycles. The van der Waals surface area contributed by atoms with Crippen molar-refractivity contribution < 1.29 is 4.79 Å². The van der Waals surface area contributed by atoms with Crippen molar-refractivity contribution >= 4 is 45.1 Å². The first kappa shape index (κ1) is 21.1. The molecule has 162 valence electrons. The second-order valence-corrected chi connectivity index (χ2v) is 8.28. The van der Waals surface area contributed by atoms with E-state index in [9.17, 15) is 4.79 Å². The smallest absolute Gasteiger partial charge is 0.321 e.